The second-order valence-corrected chi connectivity index (χ2v) is 5.14. The Kier molecular flexibility index (Phi) is 3.50. The maximum atomic E-state index is 11.4. The van der Waals surface area contributed by atoms with Gasteiger partial charge in [-0.2, -0.15) is 0 Å². The van der Waals surface area contributed by atoms with E-state index in [1.54, 1.807) is 13.8 Å². The molecule has 0 heterocycles. The van der Waals surface area contributed by atoms with Crippen LogP contribution >= 0.6 is 0 Å². The fourth-order valence-electron chi connectivity index (χ4n) is 0.489. The summed E-state index contributed by atoms with van der Waals surface area (Å²) in [6, 6.07) is 0. The highest BCUT2D eigenvalue weighted by atomic mass is 16.5. The average molecular weight is 187 g/mol. The lowest BCUT2D eigenvalue weighted by atomic mass is 9.90. The van der Waals surface area contributed by atoms with Crippen molar-refractivity contribution in [2.45, 2.75) is 53.2 Å². The Labute approximate surface area is 80.6 Å². The summed E-state index contributed by atoms with van der Waals surface area (Å²) in [5.74, 6) is -0.352. The van der Waals surface area contributed by atoms with E-state index in [0.29, 0.717) is 0 Å². The zero-order chi connectivity index (χ0) is 10.9. The molecule has 0 aliphatic rings. The fourth-order valence-corrected chi connectivity index (χ4v) is 0.489. The highest BCUT2D eigenvalue weighted by molar-refractivity contribution is 5.79. The normalized spacial score (nSPS) is 15.3. The average Bonchev–Trinajstić information content (AvgIpc) is 1.82. The molecule has 0 fully saturated rings. The van der Waals surface area contributed by atoms with Gasteiger partial charge in [-0.25, -0.2) is 0 Å². The van der Waals surface area contributed by atoms with Crippen molar-refractivity contribution in [1.82, 2.24) is 0 Å². The molecule has 0 aromatic heterocycles. The Morgan fingerprint density at radius 3 is 1.85 bits per heavy atom. The topological polar surface area (TPSA) is 52.3 Å². The van der Waals surface area contributed by atoms with Crippen LogP contribution < -0.4 is 5.73 Å². The first-order valence-electron chi connectivity index (χ1n) is 4.55. The van der Waals surface area contributed by atoms with Gasteiger partial charge in [-0.15, -0.1) is 0 Å². The summed E-state index contributed by atoms with van der Waals surface area (Å²) in [4.78, 5) is 11.4. The van der Waals surface area contributed by atoms with Crippen molar-refractivity contribution in [2.75, 3.05) is 0 Å². The lowest BCUT2D eigenvalue weighted by molar-refractivity contribution is -0.158. The molecule has 3 heteroatoms. The molecule has 1 atom stereocenters. The second kappa shape index (κ2) is 3.66. The molecule has 0 aliphatic heterocycles. The summed E-state index contributed by atoms with van der Waals surface area (Å²) < 4.78 is 5.22. The van der Waals surface area contributed by atoms with Crippen molar-refractivity contribution in [3.63, 3.8) is 0 Å². The summed E-state index contributed by atoms with van der Waals surface area (Å²) in [6.07, 6.45) is -0.122. The number of nitrogens with two attached hydrogens (primary N) is 1. The lowest BCUT2D eigenvalue weighted by Gasteiger charge is -2.29. The Bertz CT molecular complexity index is 186. The van der Waals surface area contributed by atoms with E-state index in [1.807, 2.05) is 27.7 Å². The smallest absolute Gasteiger partial charge is 0.325 e. The third kappa shape index (κ3) is 4.27. The van der Waals surface area contributed by atoms with E-state index in [1.165, 1.54) is 0 Å². The molecular formula is C10H21NO2. The molecule has 3 nitrogen and oxygen atoms in total. The molecule has 13 heavy (non-hydrogen) atoms. The Hall–Kier alpha value is -0.570. The number of hydrogen-bond acceptors (Lipinski definition) is 3. The molecule has 78 valence electrons. The van der Waals surface area contributed by atoms with Gasteiger partial charge in [0.2, 0.25) is 0 Å². The van der Waals surface area contributed by atoms with Gasteiger partial charge in [0.15, 0.2) is 0 Å². The molecule has 0 aliphatic carbocycles. The maximum absolute atomic E-state index is 11.4. The molecule has 0 rings (SSSR count). The Balaban J connectivity index is 4.24. The highest BCUT2D eigenvalue weighted by Gasteiger charge is 2.30. The van der Waals surface area contributed by atoms with Crippen LogP contribution in [0.5, 0.6) is 0 Å². The number of hydrogen-bond donors (Lipinski definition) is 1. The second-order valence-electron chi connectivity index (χ2n) is 5.14. The first-order valence-corrected chi connectivity index (χ1v) is 4.55. The summed E-state index contributed by atoms with van der Waals surface area (Å²) in [5.41, 5.74) is 4.65. The molecule has 0 aromatic rings. The number of rotatable bonds is 2. The maximum Gasteiger partial charge on any atom is 0.325 e. The molecule has 2 N–H and O–H groups in total. The molecule has 0 radical (unpaired) electrons. The lowest BCUT2D eigenvalue weighted by Crippen LogP contribution is -2.45. The van der Waals surface area contributed by atoms with Crippen molar-refractivity contribution in [2.24, 2.45) is 11.1 Å². The van der Waals surface area contributed by atoms with E-state index in [4.69, 9.17) is 10.5 Å². The van der Waals surface area contributed by atoms with Crippen LogP contribution in [0.15, 0.2) is 0 Å². The third-order valence-electron chi connectivity index (χ3n) is 2.03. The van der Waals surface area contributed by atoms with Crippen LogP contribution in [0.3, 0.4) is 0 Å². The molecule has 0 aromatic carbocycles. The standard InChI is InChI=1S/C10H21NO2/c1-7(9(2,3)4)13-8(12)10(5,6)11/h7H,11H2,1-6H3. The van der Waals surface area contributed by atoms with Gasteiger partial charge >= 0.3 is 5.97 Å². The molecule has 0 saturated heterocycles. The van der Waals surface area contributed by atoms with E-state index < -0.39 is 5.54 Å². The quantitative estimate of drug-likeness (QED) is 0.669. The molecule has 1 unspecified atom stereocenters. The highest BCUT2D eigenvalue weighted by Crippen LogP contribution is 2.22. The summed E-state index contributed by atoms with van der Waals surface area (Å²) in [6.45, 7) is 11.2. The van der Waals surface area contributed by atoms with E-state index in [0.717, 1.165) is 0 Å². The van der Waals surface area contributed by atoms with Gasteiger partial charge in [-0.1, -0.05) is 20.8 Å². The molecule has 0 saturated carbocycles. The zero-order valence-electron chi connectivity index (χ0n) is 9.47. The predicted octanol–water partition coefficient (Wildman–Crippen LogP) is 1.70. The largest absolute Gasteiger partial charge is 0.461 e. The number of carbonyl (C=O) groups is 1. The van der Waals surface area contributed by atoms with Crippen LogP contribution in [0.2, 0.25) is 0 Å². The van der Waals surface area contributed by atoms with Gasteiger partial charge in [-0.3, -0.25) is 4.79 Å². The first kappa shape index (κ1) is 12.4. The van der Waals surface area contributed by atoms with Crippen molar-refractivity contribution < 1.29 is 9.53 Å². The van der Waals surface area contributed by atoms with Crippen LogP contribution in [0.25, 0.3) is 0 Å². The summed E-state index contributed by atoms with van der Waals surface area (Å²) in [5, 5.41) is 0. The van der Waals surface area contributed by atoms with Gasteiger partial charge < -0.3 is 10.5 Å². The van der Waals surface area contributed by atoms with E-state index in [2.05, 4.69) is 0 Å². The van der Waals surface area contributed by atoms with E-state index >= 15 is 0 Å². The first-order chi connectivity index (χ1) is 5.55. The van der Waals surface area contributed by atoms with Crippen LogP contribution in [-0.2, 0) is 9.53 Å². The third-order valence-corrected chi connectivity index (χ3v) is 2.03. The fraction of sp³-hybridized carbons (Fsp3) is 0.900. The van der Waals surface area contributed by atoms with E-state index in [9.17, 15) is 4.79 Å². The van der Waals surface area contributed by atoms with Crippen LogP contribution in [0, 0.1) is 5.41 Å². The SMILES string of the molecule is CC(OC(=O)C(C)(C)N)C(C)(C)C. The van der Waals surface area contributed by atoms with Gasteiger partial charge in [0.25, 0.3) is 0 Å². The van der Waals surface area contributed by atoms with Gasteiger partial charge in [0.1, 0.15) is 11.6 Å². The monoisotopic (exact) mass is 187 g/mol. The van der Waals surface area contributed by atoms with Crippen molar-refractivity contribution in [3.05, 3.63) is 0 Å². The number of carbonyl (C=O) groups excluding carboxylic acids is 1. The minimum Gasteiger partial charge on any atom is -0.461 e. The van der Waals surface area contributed by atoms with Crippen LogP contribution in [-0.4, -0.2) is 17.6 Å². The Morgan fingerprint density at radius 2 is 1.62 bits per heavy atom. The van der Waals surface area contributed by atoms with Gasteiger partial charge in [0, 0.05) is 0 Å². The van der Waals surface area contributed by atoms with E-state index in [-0.39, 0.29) is 17.5 Å². The summed E-state index contributed by atoms with van der Waals surface area (Å²) >= 11 is 0. The van der Waals surface area contributed by atoms with Crippen LogP contribution in [0.1, 0.15) is 41.5 Å². The minimum atomic E-state index is -0.903. The zero-order valence-corrected chi connectivity index (χ0v) is 9.47. The molecular weight excluding hydrogens is 166 g/mol. The van der Waals surface area contributed by atoms with Gasteiger partial charge in [-0.05, 0) is 26.2 Å². The minimum absolute atomic E-state index is 0.0408. The molecule has 0 spiro atoms. The molecule has 0 amide bonds. The van der Waals surface area contributed by atoms with Crippen molar-refractivity contribution in [1.29, 1.82) is 0 Å². The number of ether oxygens (including phenoxy) is 1. The van der Waals surface area contributed by atoms with Gasteiger partial charge in [0.05, 0.1) is 0 Å². The summed E-state index contributed by atoms with van der Waals surface area (Å²) in [7, 11) is 0. The van der Waals surface area contributed by atoms with Crippen molar-refractivity contribution >= 4 is 5.97 Å². The van der Waals surface area contributed by atoms with Crippen LogP contribution in [0.4, 0.5) is 0 Å². The predicted molar refractivity (Wildman–Crippen MR) is 53.3 cm³/mol. The van der Waals surface area contributed by atoms with Crippen molar-refractivity contribution in [3.8, 4) is 0 Å². The molecule has 0 bridgehead atoms. The number of esters is 1. The Morgan fingerprint density at radius 1 is 1.23 bits per heavy atom.